The van der Waals surface area contributed by atoms with Crippen molar-refractivity contribution in [2.24, 2.45) is 5.92 Å². The Hall–Kier alpha value is -3.14. The molecule has 1 heterocycles. The van der Waals surface area contributed by atoms with E-state index in [1.807, 2.05) is 6.07 Å². The second kappa shape index (κ2) is 8.11. The van der Waals surface area contributed by atoms with E-state index in [-0.39, 0.29) is 11.4 Å². The van der Waals surface area contributed by atoms with Crippen LogP contribution in [0.2, 0.25) is 0 Å². The Morgan fingerprint density at radius 1 is 1.32 bits per heavy atom. The second-order valence-electron chi connectivity index (χ2n) is 5.86. The van der Waals surface area contributed by atoms with Gasteiger partial charge in [0.15, 0.2) is 5.78 Å². The number of piperidine rings is 1. The third-order valence-electron chi connectivity index (χ3n) is 4.13. The van der Waals surface area contributed by atoms with Crippen molar-refractivity contribution >= 4 is 23.3 Å². The number of carbonyl (C=O) groups is 3. The molecular formula is C18H19N3O4. The number of aliphatic carboxylic acids is 1. The lowest BCUT2D eigenvalue weighted by atomic mass is 9.97. The molecule has 0 aromatic heterocycles. The topological polar surface area (TPSA) is 111 Å². The van der Waals surface area contributed by atoms with Gasteiger partial charge in [-0.05, 0) is 31.9 Å². The van der Waals surface area contributed by atoms with Gasteiger partial charge in [-0.1, -0.05) is 12.1 Å². The highest BCUT2D eigenvalue weighted by Crippen LogP contribution is 2.19. The summed E-state index contributed by atoms with van der Waals surface area (Å²) in [7, 11) is 0. The zero-order chi connectivity index (χ0) is 18.4. The maximum Gasteiger partial charge on any atom is 0.306 e. The zero-order valence-corrected chi connectivity index (χ0v) is 13.9. The van der Waals surface area contributed by atoms with E-state index in [2.05, 4.69) is 5.32 Å². The molecule has 1 aromatic carbocycles. The number of Topliss-reactive ketones (excluding diaryl/α,β-unsaturated/α-hetero) is 1. The van der Waals surface area contributed by atoms with Crippen molar-refractivity contribution in [3.05, 3.63) is 41.6 Å². The highest BCUT2D eigenvalue weighted by atomic mass is 16.4. The van der Waals surface area contributed by atoms with Crippen LogP contribution in [0, 0.1) is 17.2 Å². The minimum absolute atomic E-state index is 0.0676. The summed E-state index contributed by atoms with van der Waals surface area (Å²) >= 11 is 0. The Kier molecular flexibility index (Phi) is 5.90. The molecule has 7 heteroatoms. The number of rotatable bonds is 5. The maximum absolute atomic E-state index is 12.4. The number of carbonyl (C=O) groups excluding carboxylic acids is 2. The lowest BCUT2D eigenvalue weighted by Crippen LogP contribution is -2.40. The van der Waals surface area contributed by atoms with Gasteiger partial charge in [0.25, 0.3) is 5.91 Å². The molecule has 1 saturated heterocycles. The number of carboxylic acids is 1. The SMILES string of the molecule is CC(=O)c1cccc(N/C=C(/C#N)C(=O)N2CCC(C(=O)O)CC2)c1. The Morgan fingerprint density at radius 2 is 2.00 bits per heavy atom. The van der Waals surface area contributed by atoms with E-state index < -0.39 is 17.8 Å². The first-order valence-corrected chi connectivity index (χ1v) is 7.92. The van der Waals surface area contributed by atoms with Crippen LogP contribution in [0.4, 0.5) is 5.69 Å². The molecular weight excluding hydrogens is 322 g/mol. The molecule has 0 atom stereocenters. The number of hydrogen-bond donors (Lipinski definition) is 2. The number of carboxylic acid groups (broad SMARTS) is 1. The number of amides is 1. The normalized spacial score (nSPS) is 15.4. The van der Waals surface area contributed by atoms with Gasteiger partial charge in [0, 0.05) is 30.5 Å². The average molecular weight is 341 g/mol. The quantitative estimate of drug-likeness (QED) is 0.482. The molecule has 0 bridgehead atoms. The average Bonchev–Trinajstić information content (AvgIpc) is 2.62. The molecule has 1 aliphatic heterocycles. The number of nitrogens with one attached hydrogen (secondary N) is 1. The van der Waals surface area contributed by atoms with E-state index in [1.165, 1.54) is 18.0 Å². The molecule has 130 valence electrons. The van der Waals surface area contributed by atoms with Gasteiger partial charge in [0.2, 0.25) is 0 Å². The predicted molar refractivity (Wildman–Crippen MR) is 90.7 cm³/mol. The summed E-state index contributed by atoms with van der Waals surface area (Å²) in [6, 6.07) is 8.61. The molecule has 1 amide bonds. The van der Waals surface area contributed by atoms with Crippen molar-refractivity contribution in [1.82, 2.24) is 4.90 Å². The second-order valence-corrected chi connectivity index (χ2v) is 5.86. The summed E-state index contributed by atoms with van der Waals surface area (Å²) in [5.41, 5.74) is 1.05. The molecule has 1 aromatic rings. The van der Waals surface area contributed by atoms with Gasteiger partial charge in [-0.2, -0.15) is 5.26 Å². The largest absolute Gasteiger partial charge is 0.481 e. The van der Waals surface area contributed by atoms with Crippen LogP contribution in [0.3, 0.4) is 0 Å². The molecule has 2 rings (SSSR count). The van der Waals surface area contributed by atoms with E-state index >= 15 is 0 Å². The van der Waals surface area contributed by atoms with Crippen LogP contribution in [0.5, 0.6) is 0 Å². The van der Waals surface area contributed by atoms with Crippen molar-refractivity contribution in [2.75, 3.05) is 18.4 Å². The van der Waals surface area contributed by atoms with Crippen LogP contribution in [0.15, 0.2) is 36.0 Å². The van der Waals surface area contributed by atoms with E-state index in [1.54, 1.807) is 24.3 Å². The lowest BCUT2D eigenvalue weighted by Gasteiger charge is -2.29. The molecule has 0 radical (unpaired) electrons. The highest BCUT2D eigenvalue weighted by molar-refractivity contribution is 5.98. The Balaban J connectivity index is 2.04. The molecule has 25 heavy (non-hydrogen) atoms. The van der Waals surface area contributed by atoms with E-state index in [4.69, 9.17) is 5.11 Å². The first-order valence-electron chi connectivity index (χ1n) is 7.92. The van der Waals surface area contributed by atoms with Crippen LogP contribution < -0.4 is 5.32 Å². The van der Waals surface area contributed by atoms with Crippen LogP contribution in [-0.2, 0) is 9.59 Å². The Bertz CT molecular complexity index is 756. The van der Waals surface area contributed by atoms with Gasteiger partial charge in [-0.15, -0.1) is 0 Å². The fourth-order valence-electron chi connectivity index (χ4n) is 2.63. The molecule has 2 N–H and O–H groups in total. The fraction of sp³-hybridized carbons (Fsp3) is 0.333. The smallest absolute Gasteiger partial charge is 0.306 e. The number of nitrogens with zero attached hydrogens (tertiary/aromatic N) is 2. The minimum Gasteiger partial charge on any atom is -0.481 e. The van der Waals surface area contributed by atoms with Gasteiger partial charge in [0.1, 0.15) is 11.6 Å². The van der Waals surface area contributed by atoms with Crippen LogP contribution >= 0.6 is 0 Å². The summed E-state index contributed by atoms with van der Waals surface area (Å²) in [6.07, 6.45) is 2.08. The summed E-state index contributed by atoms with van der Waals surface area (Å²) in [6.45, 7) is 2.09. The van der Waals surface area contributed by atoms with Crippen LogP contribution in [0.25, 0.3) is 0 Å². The molecule has 1 fully saturated rings. The van der Waals surface area contributed by atoms with E-state index in [0.29, 0.717) is 37.2 Å². The molecule has 7 nitrogen and oxygen atoms in total. The first-order chi connectivity index (χ1) is 11.9. The van der Waals surface area contributed by atoms with Gasteiger partial charge in [0.05, 0.1) is 5.92 Å². The number of anilines is 1. The van der Waals surface area contributed by atoms with Crippen molar-refractivity contribution in [3.63, 3.8) is 0 Å². The summed E-state index contributed by atoms with van der Waals surface area (Å²) < 4.78 is 0. The van der Waals surface area contributed by atoms with E-state index in [9.17, 15) is 19.6 Å². The molecule has 0 aliphatic carbocycles. The Morgan fingerprint density at radius 3 is 2.56 bits per heavy atom. The third kappa shape index (κ3) is 4.67. The summed E-state index contributed by atoms with van der Waals surface area (Å²) in [5, 5.41) is 21.1. The standard InChI is InChI=1S/C18H19N3O4/c1-12(22)14-3-2-4-16(9-14)20-11-15(10-19)17(23)21-7-5-13(6-8-21)18(24)25/h2-4,9,11,13,20H,5-8H2,1H3,(H,24,25)/b15-11-. The van der Waals surface area contributed by atoms with Gasteiger partial charge < -0.3 is 15.3 Å². The first kappa shape index (κ1) is 18.2. The van der Waals surface area contributed by atoms with Crippen LogP contribution in [-0.4, -0.2) is 40.8 Å². The van der Waals surface area contributed by atoms with Gasteiger partial charge in [-0.3, -0.25) is 14.4 Å². The highest BCUT2D eigenvalue weighted by Gasteiger charge is 2.28. The molecule has 0 saturated carbocycles. The van der Waals surface area contributed by atoms with Crippen LogP contribution in [0.1, 0.15) is 30.1 Å². The number of hydrogen-bond acceptors (Lipinski definition) is 5. The van der Waals surface area contributed by atoms with Crippen molar-refractivity contribution in [2.45, 2.75) is 19.8 Å². The maximum atomic E-state index is 12.4. The van der Waals surface area contributed by atoms with Crippen molar-refractivity contribution in [3.8, 4) is 6.07 Å². The number of benzene rings is 1. The molecule has 0 spiro atoms. The monoisotopic (exact) mass is 341 g/mol. The third-order valence-corrected chi connectivity index (χ3v) is 4.13. The number of nitriles is 1. The van der Waals surface area contributed by atoms with Crippen molar-refractivity contribution in [1.29, 1.82) is 5.26 Å². The van der Waals surface area contributed by atoms with E-state index in [0.717, 1.165) is 0 Å². The predicted octanol–water partition coefficient (Wildman–Crippen LogP) is 2.03. The lowest BCUT2D eigenvalue weighted by molar-refractivity contribution is -0.145. The van der Waals surface area contributed by atoms with Gasteiger partial charge in [-0.25, -0.2) is 0 Å². The van der Waals surface area contributed by atoms with Gasteiger partial charge >= 0.3 is 5.97 Å². The summed E-state index contributed by atoms with van der Waals surface area (Å²) in [4.78, 5) is 36.2. The zero-order valence-electron chi connectivity index (χ0n) is 13.9. The molecule has 0 unspecified atom stereocenters. The minimum atomic E-state index is -0.852. The number of likely N-dealkylation sites (tertiary alicyclic amines) is 1. The van der Waals surface area contributed by atoms with Crippen molar-refractivity contribution < 1.29 is 19.5 Å². The summed E-state index contributed by atoms with van der Waals surface area (Å²) in [5.74, 6) is -1.80. The fourth-order valence-corrected chi connectivity index (χ4v) is 2.63. The number of ketones is 1. The molecule has 1 aliphatic rings. The Labute approximate surface area is 145 Å².